The molecule has 3 heterocycles. The first kappa shape index (κ1) is 32.7. The molecule has 0 amide bonds. The van der Waals surface area contributed by atoms with Crippen LogP contribution >= 0.6 is 0 Å². The average molecular weight is 626 g/mol. The molecule has 0 saturated carbocycles. The average Bonchev–Trinajstić information content (AvgIpc) is 3.40. The van der Waals surface area contributed by atoms with E-state index in [1.807, 2.05) is 18.3 Å². The van der Waals surface area contributed by atoms with Gasteiger partial charge < -0.3 is 4.74 Å². The molecule has 0 radical (unpaired) electrons. The highest BCUT2D eigenvalue weighted by Gasteiger charge is 2.28. The van der Waals surface area contributed by atoms with Crippen molar-refractivity contribution >= 4 is 27.5 Å². The molecule has 0 spiro atoms. The minimum atomic E-state index is -0.0358. The Balaban J connectivity index is 1.88. The van der Waals surface area contributed by atoms with Crippen LogP contribution in [0.2, 0.25) is 0 Å². The molecule has 6 rings (SSSR count). The molecule has 3 aromatic carbocycles. The molecule has 4 nitrogen and oxygen atoms in total. The van der Waals surface area contributed by atoms with Gasteiger partial charge in [-0.15, -0.1) is 0 Å². The number of benzene rings is 3. The lowest BCUT2D eigenvalue weighted by Gasteiger charge is -2.27. The summed E-state index contributed by atoms with van der Waals surface area (Å²) < 4.78 is 8.10. The summed E-state index contributed by atoms with van der Waals surface area (Å²) in [7, 11) is 1.72. The van der Waals surface area contributed by atoms with E-state index in [2.05, 4.69) is 142 Å². The van der Waals surface area contributed by atoms with E-state index in [1.54, 1.807) is 7.11 Å². The Morgan fingerprint density at radius 2 is 1.09 bits per heavy atom. The van der Waals surface area contributed by atoms with Gasteiger partial charge in [0.1, 0.15) is 11.4 Å². The van der Waals surface area contributed by atoms with Crippen LogP contribution in [-0.2, 0) is 21.7 Å². The summed E-state index contributed by atoms with van der Waals surface area (Å²) in [5.41, 5.74) is 12.4. The Kier molecular flexibility index (Phi) is 7.62. The van der Waals surface area contributed by atoms with Gasteiger partial charge >= 0.3 is 0 Å². The maximum Gasteiger partial charge on any atom is 0.146 e. The van der Waals surface area contributed by atoms with Crippen LogP contribution in [0.5, 0.6) is 5.75 Å². The van der Waals surface area contributed by atoms with Gasteiger partial charge in [0, 0.05) is 28.1 Å². The SMILES string of the molecule is COc1ccc2c(c1)c1nc(-c3cc(C(C)(C)C)cc(C(C)(C)C)c3)c(-c3cc(C(C)(C)C)cc(C(C)(C)C)c3)n1c1cccnc21. The molecule has 0 aliphatic rings. The van der Waals surface area contributed by atoms with E-state index >= 15 is 0 Å². The lowest BCUT2D eigenvalue weighted by Crippen LogP contribution is -2.17. The number of aromatic nitrogens is 3. The maximum atomic E-state index is 5.74. The number of fused-ring (bicyclic) bond motifs is 6. The topological polar surface area (TPSA) is 39.4 Å². The fourth-order valence-corrected chi connectivity index (χ4v) is 6.39. The molecule has 0 unspecified atom stereocenters. The molecule has 0 fully saturated rings. The van der Waals surface area contributed by atoms with Crippen LogP contribution in [-0.4, -0.2) is 21.5 Å². The van der Waals surface area contributed by atoms with Gasteiger partial charge in [-0.3, -0.25) is 9.38 Å². The van der Waals surface area contributed by atoms with Crippen LogP contribution in [0.3, 0.4) is 0 Å². The van der Waals surface area contributed by atoms with E-state index in [0.29, 0.717) is 0 Å². The Morgan fingerprint density at radius 1 is 0.574 bits per heavy atom. The second kappa shape index (κ2) is 10.9. The Labute approximate surface area is 281 Å². The van der Waals surface area contributed by atoms with Gasteiger partial charge in [-0.1, -0.05) is 95.2 Å². The third-order valence-electron chi connectivity index (χ3n) is 9.50. The highest BCUT2D eigenvalue weighted by Crippen LogP contribution is 2.43. The van der Waals surface area contributed by atoms with Crippen LogP contribution in [0.25, 0.3) is 50.0 Å². The van der Waals surface area contributed by atoms with Crippen molar-refractivity contribution in [1.29, 1.82) is 0 Å². The van der Waals surface area contributed by atoms with Crippen molar-refractivity contribution in [2.75, 3.05) is 7.11 Å². The van der Waals surface area contributed by atoms with Crippen LogP contribution in [0.4, 0.5) is 0 Å². The van der Waals surface area contributed by atoms with Gasteiger partial charge in [-0.2, -0.15) is 0 Å². The lowest BCUT2D eigenvalue weighted by atomic mass is 9.78. The van der Waals surface area contributed by atoms with Crippen molar-refractivity contribution in [3.63, 3.8) is 0 Å². The summed E-state index contributed by atoms with van der Waals surface area (Å²) in [6, 6.07) is 24.7. The number of pyridine rings is 2. The zero-order valence-electron chi connectivity index (χ0n) is 30.7. The summed E-state index contributed by atoms with van der Waals surface area (Å²) in [6.45, 7) is 27.6. The van der Waals surface area contributed by atoms with E-state index in [4.69, 9.17) is 14.7 Å². The molecular weight excluding hydrogens is 574 g/mol. The van der Waals surface area contributed by atoms with Gasteiger partial charge in [-0.25, -0.2) is 4.98 Å². The summed E-state index contributed by atoms with van der Waals surface area (Å²) in [5, 5.41) is 2.09. The number of rotatable bonds is 3. The van der Waals surface area contributed by atoms with Crippen LogP contribution in [0.15, 0.2) is 72.9 Å². The molecule has 0 bridgehead atoms. The number of hydrogen-bond donors (Lipinski definition) is 0. The van der Waals surface area contributed by atoms with Gasteiger partial charge in [0.05, 0.1) is 29.5 Å². The van der Waals surface area contributed by atoms with Crippen molar-refractivity contribution in [2.45, 2.75) is 105 Å². The van der Waals surface area contributed by atoms with Crippen LogP contribution in [0, 0.1) is 0 Å². The van der Waals surface area contributed by atoms with Crippen molar-refractivity contribution in [3.05, 3.63) is 95.2 Å². The van der Waals surface area contributed by atoms with E-state index in [9.17, 15) is 0 Å². The molecule has 0 aliphatic carbocycles. The van der Waals surface area contributed by atoms with E-state index < -0.39 is 0 Å². The van der Waals surface area contributed by atoms with Crippen LogP contribution < -0.4 is 4.74 Å². The first-order valence-electron chi connectivity index (χ1n) is 16.9. The maximum absolute atomic E-state index is 5.74. The molecule has 0 aliphatic heterocycles. The second-order valence-electron chi connectivity index (χ2n) is 17.3. The van der Waals surface area contributed by atoms with Crippen LogP contribution in [0.1, 0.15) is 105 Å². The highest BCUT2D eigenvalue weighted by molar-refractivity contribution is 6.12. The molecular formula is C43H51N3O. The zero-order valence-corrected chi connectivity index (χ0v) is 30.7. The summed E-state index contributed by atoms with van der Waals surface area (Å²) in [6.07, 6.45) is 1.88. The molecule has 6 aromatic rings. The minimum absolute atomic E-state index is 0.0302. The van der Waals surface area contributed by atoms with E-state index in [1.165, 1.54) is 22.3 Å². The van der Waals surface area contributed by atoms with E-state index in [0.717, 1.165) is 55.7 Å². The van der Waals surface area contributed by atoms with Crippen molar-refractivity contribution in [1.82, 2.24) is 14.4 Å². The highest BCUT2D eigenvalue weighted by atomic mass is 16.5. The van der Waals surface area contributed by atoms with Crippen molar-refractivity contribution in [2.24, 2.45) is 0 Å². The lowest BCUT2D eigenvalue weighted by molar-refractivity contribution is 0.415. The summed E-state index contributed by atoms with van der Waals surface area (Å²) in [5.74, 6) is 0.801. The molecule has 4 heteroatoms. The number of ether oxygens (including phenoxy) is 1. The second-order valence-corrected chi connectivity index (χ2v) is 17.3. The predicted octanol–water partition coefficient (Wildman–Crippen LogP) is 11.6. The number of hydrogen-bond acceptors (Lipinski definition) is 3. The molecule has 47 heavy (non-hydrogen) atoms. The Hall–Kier alpha value is -4.18. The Bertz CT molecular complexity index is 2090. The number of nitrogens with zero attached hydrogens (tertiary/aromatic N) is 3. The zero-order chi connectivity index (χ0) is 34.3. The van der Waals surface area contributed by atoms with Gasteiger partial charge in [0.2, 0.25) is 0 Å². The fraction of sp³-hybridized carbons (Fsp3) is 0.395. The standard InChI is InChI=1S/C43H51N3O/c1-40(2,3)28-19-26(20-29(23-28)41(4,5)6)36-38(27-21-30(42(7,8)9)24-31(22-27)43(10,11)12)46-35-15-14-18-44-37(35)33-17-16-32(47-13)25-34(33)39(46)45-36/h14-25H,1-13H3. The monoisotopic (exact) mass is 625 g/mol. The molecule has 3 aromatic heterocycles. The quantitative estimate of drug-likeness (QED) is 0.184. The van der Waals surface area contributed by atoms with Crippen molar-refractivity contribution < 1.29 is 4.74 Å². The van der Waals surface area contributed by atoms with E-state index in [-0.39, 0.29) is 21.7 Å². The molecule has 0 saturated heterocycles. The normalized spacial score (nSPS) is 13.2. The smallest absolute Gasteiger partial charge is 0.146 e. The Morgan fingerprint density at radius 3 is 1.57 bits per heavy atom. The minimum Gasteiger partial charge on any atom is -0.497 e. The number of imidazole rings is 1. The molecule has 0 atom stereocenters. The third kappa shape index (κ3) is 5.92. The summed E-state index contributed by atoms with van der Waals surface area (Å²) in [4.78, 5) is 10.6. The van der Waals surface area contributed by atoms with Gasteiger partial charge in [0.25, 0.3) is 0 Å². The number of methoxy groups -OCH3 is 1. The largest absolute Gasteiger partial charge is 0.497 e. The predicted molar refractivity (Wildman–Crippen MR) is 200 cm³/mol. The first-order chi connectivity index (χ1) is 21.8. The third-order valence-corrected chi connectivity index (χ3v) is 9.50. The fourth-order valence-electron chi connectivity index (χ4n) is 6.39. The van der Waals surface area contributed by atoms with Gasteiger partial charge in [0.15, 0.2) is 0 Å². The van der Waals surface area contributed by atoms with Gasteiger partial charge in [-0.05, 0) is 98.5 Å². The molecule has 0 N–H and O–H groups in total. The molecule has 244 valence electrons. The first-order valence-corrected chi connectivity index (χ1v) is 16.9. The summed E-state index contributed by atoms with van der Waals surface area (Å²) >= 11 is 0. The van der Waals surface area contributed by atoms with Crippen molar-refractivity contribution in [3.8, 4) is 28.3 Å².